The minimum atomic E-state index is -4.09. The molecule has 0 aliphatic heterocycles. The summed E-state index contributed by atoms with van der Waals surface area (Å²) in [6.45, 7) is 4.08. The Labute approximate surface area is 113 Å². The SMILES string of the molecule is CCc1ccc(CC)c(C(CCC(F)(F)F)NC)c1. The molecule has 19 heavy (non-hydrogen) atoms. The lowest BCUT2D eigenvalue weighted by Gasteiger charge is -2.21. The monoisotopic (exact) mass is 273 g/mol. The van der Waals surface area contributed by atoms with Crippen molar-refractivity contribution in [2.24, 2.45) is 0 Å². The maximum absolute atomic E-state index is 12.4. The molecule has 1 unspecified atom stereocenters. The second-order valence-electron chi connectivity index (χ2n) is 4.74. The van der Waals surface area contributed by atoms with Crippen LogP contribution in [0.4, 0.5) is 13.2 Å². The van der Waals surface area contributed by atoms with E-state index in [-0.39, 0.29) is 12.5 Å². The third-order valence-corrected chi connectivity index (χ3v) is 3.44. The fourth-order valence-corrected chi connectivity index (χ4v) is 2.27. The summed E-state index contributed by atoms with van der Waals surface area (Å²) >= 11 is 0. The largest absolute Gasteiger partial charge is 0.389 e. The van der Waals surface area contributed by atoms with Crippen molar-refractivity contribution in [1.82, 2.24) is 5.32 Å². The molecular weight excluding hydrogens is 251 g/mol. The van der Waals surface area contributed by atoms with Gasteiger partial charge in [-0.1, -0.05) is 32.0 Å². The molecule has 0 saturated heterocycles. The highest BCUT2D eigenvalue weighted by atomic mass is 19.4. The highest BCUT2D eigenvalue weighted by molar-refractivity contribution is 5.34. The molecule has 0 aromatic heterocycles. The number of hydrogen-bond acceptors (Lipinski definition) is 1. The number of benzene rings is 1. The molecule has 0 amide bonds. The van der Waals surface area contributed by atoms with Crippen LogP contribution in [0.2, 0.25) is 0 Å². The maximum atomic E-state index is 12.4. The van der Waals surface area contributed by atoms with Crippen LogP contribution in [0, 0.1) is 0 Å². The third kappa shape index (κ3) is 4.86. The van der Waals surface area contributed by atoms with Gasteiger partial charge < -0.3 is 5.32 Å². The molecule has 0 fully saturated rings. The summed E-state index contributed by atoms with van der Waals surface area (Å²) in [7, 11) is 1.72. The lowest BCUT2D eigenvalue weighted by Crippen LogP contribution is -2.21. The molecule has 0 radical (unpaired) electrons. The van der Waals surface area contributed by atoms with E-state index < -0.39 is 12.6 Å². The van der Waals surface area contributed by atoms with Gasteiger partial charge in [-0.25, -0.2) is 0 Å². The van der Waals surface area contributed by atoms with Crippen molar-refractivity contribution in [2.45, 2.75) is 51.7 Å². The maximum Gasteiger partial charge on any atom is 0.389 e. The number of alkyl halides is 3. The van der Waals surface area contributed by atoms with Crippen molar-refractivity contribution in [3.63, 3.8) is 0 Å². The van der Waals surface area contributed by atoms with Gasteiger partial charge in [0.1, 0.15) is 0 Å². The average Bonchev–Trinajstić information content (AvgIpc) is 2.38. The van der Waals surface area contributed by atoms with Gasteiger partial charge in [-0.3, -0.25) is 0 Å². The number of aryl methyl sites for hydroxylation is 2. The Morgan fingerprint density at radius 1 is 1.16 bits per heavy atom. The molecule has 108 valence electrons. The van der Waals surface area contributed by atoms with Crippen molar-refractivity contribution in [3.05, 3.63) is 34.9 Å². The summed E-state index contributed by atoms with van der Waals surface area (Å²) in [6.07, 6.45) is -3.03. The van der Waals surface area contributed by atoms with E-state index in [4.69, 9.17) is 0 Å². The van der Waals surface area contributed by atoms with Crippen molar-refractivity contribution in [3.8, 4) is 0 Å². The van der Waals surface area contributed by atoms with Crippen LogP contribution < -0.4 is 5.32 Å². The summed E-state index contributed by atoms with van der Waals surface area (Å²) < 4.78 is 37.1. The summed E-state index contributed by atoms with van der Waals surface area (Å²) in [5, 5.41) is 3.02. The molecule has 1 aromatic rings. The Bertz CT molecular complexity index is 399. The predicted molar refractivity (Wildman–Crippen MR) is 72.3 cm³/mol. The summed E-state index contributed by atoms with van der Waals surface area (Å²) in [5.74, 6) is 0. The molecule has 1 aromatic carbocycles. The molecule has 0 aliphatic rings. The fraction of sp³-hybridized carbons (Fsp3) is 0.600. The van der Waals surface area contributed by atoms with Gasteiger partial charge in [-0.15, -0.1) is 0 Å². The zero-order valence-electron chi connectivity index (χ0n) is 11.8. The van der Waals surface area contributed by atoms with Crippen LogP contribution in [0.1, 0.15) is 49.4 Å². The van der Waals surface area contributed by atoms with Gasteiger partial charge in [0.25, 0.3) is 0 Å². The van der Waals surface area contributed by atoms with Crippen LogP contribution >= 0.6 is 0 Å². The van der Waals surface area contributed by atoms with Gasteiger partial charge in [0.2, 0.25) is 0 Å². The van der Waals surface area contributed by atoms with Gasteiger partial charge >= 0.3 is 6.18 Å². The first-order valence-corrected chi connectivity index (χ1v) is 6.77. The lowest BCUT2D eigenvalue weighted by molar-refractivity contribution is -0.136. The van der Waals surface area contributed by atoms with Crippen molar-refractivity contribution >= 4 is 0 Å². The molecule has 4 heteroatoms. The van der Waals surface area contributed by atoms with E-state index in [1.54, 1.807) is 7.05 Å². The number of rotatable bonds is 6. The quantitative estimate of drug-likeness (QED) is 0.809. The van der Waals surface area contributed by atoms with Crippen molar-refractivity contribution in [1.29, 1.82) is 0 Å². The van der Waals surface area contributed by atoms with Gasteiger partial charge in [0.05, 0.1) is 0 Å². The van der Waals surface area contributed by atoms with Crippen molar-refractivity contribution in [2.75, 3.05) is 7.05 Å². The molecule has 0 heterocycles. The first-order valence-electron chi connectivity index (χ1n) is 6.77. The van der Waals surface area contributed by atoms with E-state index in [1.165, 1.54) is 5.56 Å². The normalized spacial score (nSPS) is 13.6. The van der Waals surface area contributed by atoms with E-state index in [2.05, 4.69) is 18.3 Å². The first kappa shape index (κ1) is 16.0. The van der Waals surface area contributed by atoms with E-state index in [0.717, 1.165) is 24.0 Å². The molecule has 0 bridgehead atoms. The first-order chi connectivity index (χ1) is 8.91. The zero-order chi connectivity index (χ0) is 14.5. The molecule has 1 rings (SSSR count). The predicted octanol–water partition coefficient (Wildman–Crippen LogP) is 4.41. The smallest absolute Gasteiger partial charge is 0.313 e. The Morgan fingerprint density at radius 3 is 2.32 bits per heavy atom. The minimum absolute atomic E-state index is 0.0835. The zero-order valence-corrected chi connectivity index (χ0v) is 11.8. The van der Waals surface area contributed by atoms with E-state index in [9.17, 15) is 13.2 Å². The molecule has 1 nitrogen and oxygen atoms in total. The molecule has 0 spiro atoms. The third-order valence-electron chi connectivity index (χ3n) is 3.44. The van der Waals surface area contributed by atoms with E-state index in [0.29, 0.717) is 0 Å². The van der Waals surface area contributed by atoms with Crippen LogP contribution in [0.25, 0.3) is 0 Å². The standard InChI is InChI=1S/C15H22F3N/c1-4-11-6-7-12(5-2)13(10-11)14(19-3)8-9-15(16,17)18/h6-7,10,14,19H,4-5,8-9H2,1-3H3. The molecule has 1 atom stereocenters. The van der Waals surface area contributed by atoms with Crippen LogP contribution in [0.15, 0.2) is 18.2 Å². The Morgan fingerprint density at radius 2 is 1.84 bits per heavy atom. The van der Waals surface area contributed by atoms with Crippen LogP contribution in [-0.4, -0.2) is 13.2 Å². The van der Waals surface area contributed by atoms with Crippen LogP contribution in [-0.2, 0) is 12.8 Å². The fourth-order valence-electron chi connectivity index (χ4n) is 2.27. The molecular formula is C15H22F3N. The van der Waals surface area contributed by atoms with Crippen LogP contribution in [0.3, 0.4) is 0 Å². The van der Waals surface area contributed by atoms with Gasteiger partial charge in [-0.05, 0) is 43.0 Å². The number of halogens is 3. The van der Waals surface area contributed by atoms with Gasteiger partial charge in [0.15, 0.2) is 0 Å². The van der Waals surface area contributed by atoms with Crippen molar-refractivity contribution < 1.29 is 13.2 Å². The second kappa shape index (κ2) is 6.94. The minimum Gasteiger partial charge on any atom is -0.313 e. The summed E-state index contributed by atoms with van der Waals surface area (Å²) in [5.41, 5.74) is 3.30. The number of hydrogen-bond donors (Lipinski definition) is 1. The lowest BCUT2D eigenvalue weighted by atomic mass is 9.93. The average molecular weight is 273 g/mol. The van der Waals surface area contributed by atoms with E-state index >= 15 is 0 Å². The molecule has 1 N–H and O–H groups in total. The topological polar surface area (TPSA) is 12.0 Å². The second-order valence-corrected chi connectivity index (χ2v) is 4.74. The Kier molecular flexibility index (Phi) is 5.85. The number of nitrogens with one attached hydrogen (secondary N) is 1. The summed E-state index contributed by atoms with van der Waals surface area (Å²) in [4.78, 5) is 0. The molecule has 0 aliphatic carbocycles. The summed E-state index contributed by atoms with van der Waals surface area (Å²) in [6, 6.07) is 5.89. The highest BCUT2D eigenvalue weighted by Gasteiger charge is 2.28. The van der Waals surface area contributed by atoms with E-state index in [1.807, 2.05) is 19.1 Å². The Balaban J connectivity index is 2.95. The van der Waals surface area contributed by atoms with Crippen LogP contribution in [0.5, 0.6) is 0 Å². The molecule has 0 saturated carbocycles. The van der Waals surface area contributed by atoms with Gasteiger partial charge in [-0.2, -0.15) is 13.2 Å². The van der Waals surface area contributed by atoms with Gasteiger partial charge in [0, 0.05) is 12.5 Å². The highest BCUT2D eigenvalue weighted by Crippen LogP contribution is 2.29. The Hall–Kier alpha value is -1.03.